The van der Waals surface area contributed by atoms with Crippen LogP contribution < -0.4 is 10.1 Å². The zero-order valence-electron chi connectivity index (χ0n) is 15.7. The Morgan fingerprint density at radius 1 is 1.03 bits per heavy atom. The first-order chi connectivity index (χ1) is 14.2. The third kappa shape index (κ3) is 4.80. The summed E-state index contributed by atoms with van der Waals surface area (Å²) in [5.41, 5.74) is 2.97. The van der Waals surface area contributed by atoms with Gasteiger partial charge in [0.15, 0.2) is 5.58 Å². The second kappa shape index (κ2) is 8.86. The average Bonchev–Trinajstić information content (AvgIpc) is 3.16. The standard InChI is InChI=1S/C23H21FN2O3/c24-18-9-10-21-22(12-18)29-26-23(21)17-7-4-8-20(11-17)28-15-19(27)14-25-13-16-5-2-1-3-6-16/h1-12,19,25,27H,13-15H2/t19-/m0/s1. The zero-order valence-corrected chi connectivity index (χ0v) is 15.7. The Morgan fingerprint density at radius 2 is 1.90 bits per heavy atom. The lowest BCUT2D eigenvalue weighted by molar-refractivity contribution is 0.106. The molecule has 0 fully saturated rings. The Morgan fingerprint density at radius 3 is 2.76 bits per heavy atom. The van der Waals surface area contributed by atoms with E-state index in [4.69, 9.17) is 9.26 Å². The van der Waals surface area contributed by atoms with Crippen LogP contribution in [0.15, 0.2) is 77.3 Å². The fourth-order valence-electron chi connectivity index (χ4n) is 3.08. The summed E-state index contributed by atoms with van der Waals surface area (Å²) in [5.74, 6) is 0.245. The smallest absolute Gasteiger partial charge is 0.170 e. The molecule has 2 N–H and O–H groups in total. The van der Waals surface area contributed by atoms with E-state index in [0.29, 0.717) is 30.1 Å². The first-order valence-corrected chi connectivity index (χ1v) is 9.40. The van der Waals surface area contributed by atoms with Crippen LogP contribution in [-0.2, 0) is 6.54 Å². The molecule has 0 aliphatic rings. The van der Waals surface area contributed by atoms with E-state index in [2.05, 4.69) is 10.5 Å². The summed E-state index contributed by atoms with van der Waals surface area (Å²) in [7, 11) is 0. The van der Waals surface area contributed by atoms with Gasteiger partial charge in [-0.05, 0) is 29.8 Å². The highest BCUT2D eigenvalue weighted by molar-refractivity contribution is 5.91. The molecule has 0 unspecified atom stereocenters. The molecule has 1 heterocycles. The van der Waals surface area contributed by atoms with Gasteiger partial charge in [-0.15, -0.1) is 0 Å². The van der Waals surface area contributed by atoms with Crippen LogP contribution in [0.4, 0.5) is 4.39 Å². The van der Waals surface area contributed by atoms with E-state index in [1.165, 1.54) is 12.1 Å². The number of aliphatic hydroxyl groups excluding tert-OH is 1. The van der Waals surface area contributed by atoms with Crippen LogP contribution in [0.25, 0.3) is 22.2 Å². The lowest BCUT2D eigenvalue weighted by Gasteiger charge is -2.14. The number of hydrogen-bond donors (Lipinski definition) is 2. The first kappa shape index (κ1) is 19.1. The molecule has 1 atom stereocenters. The highest BCUT2D eigenvalue weighted by atomic mass is 19.1. The molecule has 1 aromatic heterocycles. The van der Waals surface area contributed by atoms with Crippen molar-refractivity contribution >= 4 is 11.0 Å². The van der Waals surface area contributed by atoms with Gasteiger partial charge in [0.25, 0.3) is 0 Å². The van der Waals surface area contributed by atoms with E-state index in [1.807, 2.05) is 54.6 Å². The number of nitrogens with zero attached hydrogens (tertiary/aromatic N) is 1. The maximum Gasteiger partial charge on any atom is 0.170 e. The largest absolute Gasteiger partial charge is 0.491 e. The summed E-state index contributed by atoms with van der Waals surface area (Å²) in [6, 6.07) is 21.7. The van der Waals surface area contributed by atoms with Crippen LogP contribution in [0.3, 0.4) is 0 Å². The molecular weight excluding hydrogens is 371 g/mol. The minimum absolute atomic E-state index is 0.163. The predicted octanol–water partition coefficient (Wildman–Crippen LogP) is 4.16. The first-order valence-electron chi connectivity index (χ1n) is 9.40. The van der Waals surface area contributed by atoms with E-state index in [9.17, 15) is 9.50 Å². The molecule has 29 heavy (non-hydrogen) atoms. The second-order valence-electron chi connectivity index (χ2n) is 6.78. The molecule has 0 spiro atoms. The lowest BCUT2D eigenvalue weighted by Crippen LogP contribution is -2.31. The molecule has 0 amide bonds. The summed E-state index contributed by atoms with van der Waals surface area (Å²) in [5, 5.41) is 18.2. The van der Waals surface area contributed by atoms with Crippen molar-refractivity contribution in [1.82, 2.24) is 10.5 Å². The molecular formula is C23H21FN2O3. The van der Waals surface area contributed by atoms with E-state index < -0.39 is 6.10 Å². The number of fused-ring (bicyclic) bond motifs is 1. The Hall–Kier alpha value is -3.22. The number of aromatic nitrogens is 1. The van der Waals surface area contributed by atoms with Crippen LogP contribution in [0, 0.1) is 5.82 Å². The van der Waals surface area contributed by atoms with E-state index in [1.54, 1.807) is 6.07 Å². The van der Waals surface area contributed by atoms with E-state index in [0.717, 1.165) is 16.5 Å². The second-order valence-corrected chi connectivity index (χ2v) is 6.78. The fourth-order valence-corrected chi connectivity index (χ4v) is 3.08. The minimum Gasteiger partial charge on any atom is -0.491 e. The number of ether oxygens (including phenoxy) is 1. The average molecular weight is 392 g/mol. The molecule has 0 aliphatic heterocycles. The van der Waals surface area contributed by atoms with Gasteiger partial charge < -0.3 is 19.7 Å². The van der Waals surface area contributed by atoms with Crippen LogP contribution in [0.1, 0.15) is 5.56 Å². The van der Waals surface area contributed by atoms with Gasteiger partial charge in [-0.3, -0.25) is 0 Å². The normalized spacial score (nSPS) is 12.2. The topological polar surface area (TPSA) is 67.5 Å². The molecule has 0 radical (unpaired) electrons. The fraction of sp³-hybridized carbons (Fsp3) is 0.174. The maximum absolute atomic E-state index is 13.3. The van der Waals surface area contributed by atoms with Crippen molar-refractivity contribution in [2.75, 3.05) is 13.2 Å². The number of aliphatic hydroxyl groups is 1. The molecule has 0 bridgehead atoms. The number of benzene rings is 3. The third-order valence-electron chi connectivity index (χ3n) is 4.54. The van der Waals surface area contributed by atoms with Gasteiger partial charge in [0.05, 0.1) is 0 Å². The van der Waals surface area contributed by atoms with Crippen molar-refractivity contribution in [1.29, 1.82) is 0 Å². The summed E-state index contributed by atoms with van der Waals surface area (Å²) < 4.78 is 24.3. The molecule has 4 rings (SSSR count). The summed E-state index contributed by atoms with van der Waals surface area (Å²) >= 11 is 0. The van der Waals surface area contributed by atoms with E-state index >= 15 is 0 Å². The molecule has 0 aliphatic carbocycles. The highest BCUT2D eigenvalue weighted by Crippen LogP contribution is 2.30. The number of hydrogen-bond acceptors (Lipinski definition) is 5. The van der Waals surface area contributed by atoms with Crippen molar-refractivity contribution in [3.63, 3.8) is 0 Å². The summed E-state index contributed by atoms with van der Waals surface area (Å²) in [4.78, 5) is 0. The SMILES string of the molecule is O[C@@H](CNCc1ccccc1)COc1cccc(-c2noc3cc(F)ccc23)c1. The molecule has 6 heteroatoms. The van der Waals surface area contributed by atoms with Crippen LogP contribution in [0.5, 0.6) is 5.75 Å². The highest BCUT2D eigenvalue weighted by Gasteiger charge is 2.12. The molecule has 0 saturated carbocycles. The Kier molecular flexibility index (Phi) is 5.84. The van der Waals surface area contributed by atoms with Crippen LogP contribution in [0.2, 0.25) is 0 Å². The number of halogens is 1. The van der Waals surface area contributed by atoms with Crippen molar-refractivity contribution < 1.29 is 18.8 Å². The van der Waals surface area contributed by atoms with Gasteiger partial charge in [0.2, 0.25) is 0 Å². The Bertz CT molecular complexity index is 1080. The number of rotatable bonds is 8. The minimum atomic E-state index is -0.641. The van der Waals surface area contributed by atoms with Crippen molar-refractivity contribution in [3.8, 4) is 17.0 Å². The molecule has 0 saturated heterocycles. The van der Waals surface area contributed by atoms with Gasteiger partial charge in [-0.25, -0.2) is 4.39 Å². The Balaban J connectivity index is 1.35. The summed E-state index contributed by atoms with van der Waals surface area (Å²) in [6.45, 7) is 1.28. The molecule has 5 nitrogen and oxygen atoms in total. The predicted molar refractivity (Wildman–Crippen MR) is 109 cm³/mol. The monoisotopic (exact) mass is 392 g/mol. The van der Waals surface area contributed by atoms with Crippen molar-refractivity contribution in [2.45, 2.75) is 12.6 Å². The van der Waals surface area contributed by atoms with Gasteiger partial charge in [-0.2, -0.15) is 0 Å². The Labute approximate surface area is 167 Å². The zero-order chi connectivity index (χ0) is 20.1. The van der Waals surface area contributed by atoms with Crippen LogP contribution in [-0.4, -0.2) is 29.5 Å². The number of nitrogens with one attached hydrogen (secondary N) is 1. The van der Waals surface area contributed by atoms with Gasteiger partial charge in [-0.1, -0.05) is 47.6 Å². The van der Waals surface area contributed by atoms with Crippen molar-refractivity contribution in [2.24, 2.45) is 0 Å². The lowest BCUT2D eigenvalue weighted by atomic mass is 10.1. The van der Waals surface area contributed by atoms with Gasteiger partial charge in [0.1, 0.15) is 30.0 Å². The van der Waals surface area contributed by atoms with Crippen molar-refractivity contribution in [3.05, 3.63) is 84.2 Å². The molecule has 148 valence electrons. The maximum atomic E-state index is 13.3. The van der Waals surface area contributed by atoms with Gasteiger partial charge in [0, 0.05) is 30.1 Å². The van der Waals surface area contributed by atoms with Crippen LogP contribution >= 0.6 is 0 Å². The molecule has 4 aromatic rings. The molecule has 3 aromatic carbocycles. The van der Waals surface area contributed by atoms with Gasteiger partial charge >= 0.3 is 0 Å². The summed E-state index contributed by atoms with van der Waals surface area (Å²) in [6.07, 6.45) is -0.641. The third-order valence-corrected chi connectivity index (χ3v) is 4.54. The quantitative estimate of drug-likeness (QED) is 0.471. The van der Waals surface area contributed by atoms with E-state index in [-0.39, 0.29) is 12.4 Å².